The minimum absolute atomic E-state index is 0.162. The molecule has 0 saturated carbocycles. The molecule has 2 rings (SSSR count). The molecule has 1 aromatic carbocycles. The topological polar surface area (TPSA) is 46.2 Å². The molecule has 0 aliphatic carbocycles. The van der Waals surface area contributed by atoms with Crippen molar-refractivity contribution >= 4 is 51.2 Å². The van der Waals surface area contributed by atoms with Gasteiger partial charge in [-0.3, -0.25) is 9.00 Å². The number of nitrogens with one attached hydrogen (secondary N) is 1. The van der Waals surface area contributed by atoms with Crippen molar-refractivity contribution in [3.63, 3.8) is 0 Å². The van der Waals surface area contributed by atoms with Crippen LogP contribution in [0, 0.1) is 0 Å². The van der Waals surface area contributed by atoms with E-state index in [2.05, 4.69) is 5.32 Å². The Hall–Kier alpha value is -0.880. The monoisotopic (exact) mass is 361 g/mol. The molecule has 1 amide bonds. The van der Waals surface area contributed by atoms with Gasteiger partial charge in [-0.2, -0.15) is 0 Å². The van der Waals surface area contributed by atoms with Crippen LogP contribution < -0.4 is 5.32 Å². The van der Waals surface area contributed by atoms with E-state index in [1.54, 1.807) is 30.5 Å². The Bertz CT molecular complexity index is 665. The zero-order valence-corrected chi connectivity index (χ0v) is 14.3. The van der Waals surface area contributed by atoms with Crippen molar-refractivity contribution in [3.8, 4) is 10.4 Å². The number of benzene rings is 1. The summed E-state index contributed by atoms with van der Waals surface area (Å²) < 4.78 is 11.0. The van der Waals surface area contributed by atoms with Crippen LogP contribution in [0.15, 0.2) is 30.3 Å². The Balaban J connectivity index is 2.10. The lowest BCUT2D eigenvalue weighted by molar-refractivity contribution is 0.0960. The van der Waals surface area contributed by atoms with Crippen molar-refractivity contribution in [1.82, 2.24) is 5.32 Å². The SMILES string of the molecule is C[S@@](=O)CCNC(=O)c1ccc(-c2cc(Cl)cc(Cl)c2)s1. The Kier molecular flexibility index (Phi) is 5.81. The molecule has 0 saturated heterocycles. The lowest BCUT2D eigenvalue weighted by Crippen LogP contribution is -2.26. The number of hydrogen-bond acceptors (Lipinski definition) is 3. The number of hydrogen-bond donors (Lipinski definition) is 1. The summed E-state index contributed by atoms with van der Waals surface area (Å²) in [6.45, 7) is 0.401. The van der Waals surface area contributed by atoms with Crippen LogP contribution in [0.25, 0.3) is 10.4 Å². The van der Waals surface area contributed by atoms with Gasteiger partial charge in [0.15, 0.2) is 0 Å². The molecule has 3 nitrogen and oxygen atoms in total. The van der Waals surface area contributed by atoms with Crippen molar-refractivity contribution < 1.29 is 9.00 Å². The summed E-state index contributed by atoms with van der Waals surface area (Å²) >= 11 is 13.3. The normalized spacial score (nSPS) is 12.1. The molecule has 0 spiro atoms. The summed E-state index contributed by atoms with van der Waals surface area (Å²) in [6.07, 6.45) is 1.61. The summed E-state index contributed by atoms with van der Waals surface area (Å²) in [4.78, 5) is 13.5. The summed E-state index contributed by atoms with van der Waals surface area (Å²) in [6, 6.07) is 8.90. The molecule has 0 bridgehead atoms. The maximum Gasteiger partial charge on any atom is 0.261 e. The molecule has 1 heterocycles. The van der Waals surface area contributed by atoms with Crippen molar-refractivity contribution in [1.29, 1.82) is 0 Å². The van der Waals surface area contributed by atoms with Crippen molar-refractivity contribution in [3.05, 3.63) is 45.3 Å². The number of halogens is 2. The third kappa shape index (κ3) is 4.81. The third-order valence-electron chi connectivity index (χ3n) is 2.65. The molecule has 0 aliphatic rings. The van der Waals surface area contributed by atoms with Gasteiger partial charge in [-0.25, -0.2) is 0 Å². The lowest BCUT2D eigenvalue weighted by Gasteiger charge is -2.02. The molecule has 112 valence electrons. The van der Waals surface area contributed by atoms with Gasteiger partial charge in [0.2, 0.25) is 0 Å². The van der Waals surface area contributed by atoms with Crippen LogP contribution in [0.5, 0.6) is 0 Å². The fourth-order valence-electron chi connectivity index (χ4n) is 1.71. The quantitative estimate of drug-likeness (QED) is 0.879. The molecular weight excluding hydrogens is 349 g/mol. The van der Waals surface area contributed by atoms with E-state index < -0.39 is 10.8 Å². The van der Waals surface area contributed by atoms with Gasteiger partial charge in [0.1, 0.15) is 0 Å². The van der Waals surface area contributed by atoms with Gasteiger partial charge < -0.3 is 5.32 Å². The van der Waals surface area contributed by atoms with Gasteiger partial charge in [-0.05, 0) is 35.9 Å². The number of amides is 1. The molecule has 0 unspecified atom stereocenters. The van der Waals surface area contributed by atoms with E-state index in [4.69, 9.17) is 23.2 Å². The smallest absolute Gasteiger partial charge is 0.261 e. The molecule has 1 aromatic heterocycles. The molecule has 2 aromatic rings. The summed E-state index contributed by atoms with van der Waals surface area (Å²) in [5.74, 6) is 0.290. The van der Waals surface area contributed by atoms with E-state index in [1.807, 2.05) is 6.07 Å². The Morgan fingerprint density at radius 1 is 1.24 bits per heavy atom. The molecule has 0 fully saturated rings. The molecule has 0 radical (unpaired) electrons. The number of rotatable bonds is 5. The predicted octanol–water partition coefficient (Wildman–Crippen LogP) is 3.83. The van der Waals surface area contributed by atoms with Crippen LogP contribution in [0.2, 0.25) is 10.0 Å². The molecule has 0 aliphatic heterocycles. The Morgan fingerprint density at radius 2 is 1.90 bits per heavy atom. The Morgan fingerprint density at radius 3 is 2.52 bits per heavy atom. The first kappa shape index (κ1) is 16.5. The fraction of sp³-hybridized carbons (Fsp3) is 0.214. The standard InChI is InChI=1S/C14H13Cl2NO2S2/c1-21(19)5-4-17-14(18)13-3-2-12(20-13)9-6-10(15)8-11(16)7-9/h2-3,6-8H,4-5H2,1H3,(H,17,18)/t21-/m1/s1. The summed E-state index contributed by atoms with van der Waals surface area (Å²) in [5.41, 5.74) is 0.881. The van der Waals surface area contributed by atoms with Crippen LogP contribution in [0.4, 0.5) is 0 Å². The van der Waals surface area contributed by atoms with Gasteiger partial charge >= 0.3 is 0 Å². The Labute approximate surface area is 139 Å². The van der Waals surface area contributed by atoms with E-state index in [-0.39, 0.29) is 5.91 Å². The molecule has 21 heavy (non-hydrogen) atoms. The highest BCUT2D eigenvalue weighted by Gasteiger charge is 2.11. The fourth-order valence-corrected chi connectivity index (χ4v) is 3.53. The minimum Gasteiger partial charge on any atom is -0.350 e. The highest BCUT2D eigenvalue weighted by molar-refractivity contribution is 7.84. The maximum absolute atomic E-state index is 12.0. The van der Waals surface area contributed by atoms with E-state index in [0.29, 0.717) is 27.2 Å². The van der Waals surface area contributed by atoms with E-state index in [9.17, 15) is 9.00 Å². The first-order chi connectivity index (χ1) is 9.95. The first-order valence-corrected chi connectivity index (χ1v) is 9.40. The van der Waals surface area contributed by atoms with Crippen LogP contribution in [0.1, 0.15) is 9.67 Å². The van der Waals surface area contributed by atoms with E-state index in [1.165, 1.54) is 11.3 Å². The second-order valence-electron chi connectivity index (χ2n) is 4.36. The number of thiophene rings is 1. The van der Waals surface area contributed by atoms with Crippen LogP contribution in [-0.4, -0.2) is 28.7 Å². The second kappa shape index (κ2) is 7.40. The van der Waals surface area contributed by atoms with Crippen LogP contribution >= 0.6 is 34.5 Å². The van der Waals surface area contributed by atoms with Gasteiger partial charge in [0.25, 0.3) is 5.91 Å². The molecule has 1 N–H and O–H groups in total. The van der Waals surface area contributed by atoms with Gasteiger partial charge in [-0.15, -0.1) is 11.3 Å². The second-order valence-corrected chi connectivity index (χ2v) is 7.87. The van der Waals surface area contributed by atoms with Crippen molar-refractivity contribution in [2.45, 2.75) is 0 Å². The van der Waals surface area contributed by atoms with Gasteiger partial charge in [-0.1, -0.05) is 23.2 Å². The average Bonchev–Trinajstić information content (AvgIpc) is 2.86. The van der Waals surface area contributed by atoms with Crippen LogP contribution in [0.3, 0.4) is 0 Å². The first-order valence-electron chi connectivity index (χ1n) is 6.10. The highest BCUT2D eigenvalue weighted by Crippen LogP contribution is 2.32. The zero-order valence-electron chi connectivity index (χ0n) is 11.2. The largest absolute Gasteiger partial charge is 0.350 e. The maximum atomic E-state index is 12.0. The molecule has 7 heteroatoms. The van der Waals surface area contributed by atoms with Gasteiger partial charge in [0.05, 0.1) is 4.88 Å². The van der Waals surface area contributed by atoms with Crippen molar-refractivity contribution in [2.75, 3.05) is 18.6 Å². The third-order valence-corrected chi connectivity index (χ3v) is 5.00. The zero-order chi connectivity index (χ0) is 15.4. The van der Waals surface area contributed by atoms with E-state index >= 15 is 0 Å². The lowest BCUT2D eigenvalue weighted by atomic mass is 10.2. The van der Waals surface area contributed by atoms with Crippen molar-refractivity contribution in [2.24, 2.45) is 0 Å². The van der Waals surface area contributed by atoms with Gasteiger partial charge in [0, 0.05) is 44.3 Å². The van der Waals surface area contributed by atoms with Crippen LogP contribution in [-0.2, 0) is 10.8 Å². The number of carbonyl (C=O) groups excluding carboxylic acids is 1. The van der Waals surface area contributed by atoms with E-state index in [0.717, 1.165) is 10.4 Å². The predicted molar refractivity (Wildman–Crippen MR) is 91.0 cm³/mol. The molecule has 1 atom stereocenters. The highest BCUT2D eigenvalue weighted by atomic mass is 35.5. The minimum atomic E-state index is -0.909. The average molecular weight is 362 g/mol. The summed E-state index contributed by atoms with van der Waals surface area (Å²) in [7, 11) is -0.909. The summed E-state index contributed by atoms with van der Waals surface area (Å²) in [5, 5.41) is 3.86. The number of carbonyl (C=O) groups is 1. The molecular formula is C14H13Cl2NO2S2.